The Morgan fingerprint density at radius 3 is 2.59 bits per heavy atom. The molecule has 3 heterocycles. The zero-order valence-corrected chi connectivity index (χ0v) is 13.4. The first-order valence-electron chi connectivity index (χ1n) is 7.64. The molecular weight excluding hydrogens is 280 g/mol. The van der Waals surface area contributed by atoms with E-state index in [4.69, 9.17) is 4.74 Å². The summed E-state index contributed by atoms with van der Waals surface area (Å²) in [6, 6.07) is 0. The summed E-state index contributed by atoms with van der Waals surface area (Å²) in [4.78, 5) is 10.9. The van der Waals surface area contributed by atoms with E-state index in [-0.39, 0.29) is 6.10 Å². The second-order valence-corrected chi connectivity index (χ2v) is 5.81. The Morgan fingerprint density at radius 2 is 1.95 bits per heavy atom. The first-order chi connectivity index (χ1) is 10.6. The standard InChI is InChI=1S/C15H22N6O/c1-11-8-16-9-15(17-11)22-13-4-6-21(7-5-13)10-14-19-18-12(2)20(14)3/h8-9,13H,4-7,10H2,1-3H3. The third kappa shape index (κ3) is 3.41. The number of rotatable bonds is 4. The van der Waals surface area contributed by atoms with E-state index in [0.29, 0.717) is 5.88 Å². The van der Waals surface area contributed by atoms with Gasteiger partial charge in [0.1, 0.15) is 17.8 Å². The van der Waals surface area contributed by atoms with Crippen LogP contribution in [0.25, 0.3) is 0 Å². The number of ether oxygens (including phenoxy) is 1. The van der Waals surface area contributed by atoms with Crippen LogP contribution < -0.4 is 4.74 Å². The van der Waals surface area contributed by atoms with Crippen molar-refractivity contribution in [3.63, 3.8) is 0 Å². The zero-order chi connectivity index (χ0) is 15.5. The average molecular weight is 302 g/mol. The molecule has 1 aliphatic rings. The first-order valence-corrected chi connectivity index (χ1v) is 7.64. The van der Waals surface area contributed by atoms with Gasteiger partial charge in [0, 0.05) is 26.3 Å². The summed E-state index contributed by atoms with van der Waals surface area (Å²) in [5, 5.41) is 8.33. The summed E-state index contributed by atoms with van der Waals surface area (Å²) in [6.07, 6.45) is 5.62. The van der Waals surface area contributed by atoms with Crippen LogP contribution in [0.4, 0.5) is 0 Å². The Balaban J connectivity index is 1.51. The molecule has 1 fully saturated rings. The van der Waals surface area contributed by atoms with Gasteiger partial charge >= 0.3 is 0 Å². The highest BCUT2D eigenvalue weighted by Crippen LogP contribution is 2.18. The number of piperidine rings is 1. The predicted octanol–water partition coefficient (Wildman–Crippen LogP) is 1.27. The van der Waals surface area contributed by atoms with Crippen LogP contribution in [-0.4, -0.2) is 48.8 Å². The quantitative estimate of drug-likeness (QED) is 0.847. The molecule has 0 aromatic carbocycles. The summed E-state index contributed by atoms with van der Waals surface area (Å²) in [6.45, 7) is 6.73. The van der Waals surface area contributed by atoms with Gasteiger partial charge in [-0.2, -0.15) is 0 Å². The molecule has 0 bridgehead atoms. The molecule has 1 saturated heterocycles. The van der Waals surface area contributed by atoms with E-state index in [0.717, 1.165) is 49.8 Å². The van der Waals surface area contributed by atoms with Crippen LogP contribution >= 0.6 is 0 Å². The third-order valence-electron chi connectivity index (χ3n) is 4.10. The highest BCUT2D eigenvalue weighted by atomic mass is 16.5. The van der Waals surface area contributed by atoms with Gasteiger partial charge in [-0.05, 0) is 26.7 Å². The summed E-state index contributed by atoms with van der Waals surface area (Å²) < 4.78 is 7.98. The maximum absolute atomic E-state index is 5.93. The first kappa shape index (κ1) is 14.9. The lowest BCUT2D eigenvalue weighted by molar-refractivity contribution is 0.0909. The fourth-order valence-electron chi connectivity index (χ4n) is 2.64. The maximum atomic E-state index is 5.93. The van der Waals surface area contributed by atoms with Crippen molar-refractivity contribution in [3.05, 3.63) is 29.7 Å². The smallest absolute Gasteiger partial charge is 0.232 e. The summed E-state index contributed by atoms with van der Waals surface area (Å²) in [5.41, 5.74) is 0.882. The minimum atomic E-state index is 0.216. The Hall–Kier alpha value is -2.02. The van der Waals surface area contributed by atoms with Crippen molar-refractivity contribution in [1.29, 1.82) is 0 Å². The van der Waals surface area contributed by atoms with Gasteiger partial charge < -0.3 is 9.30 Å². The third-order valence-corrected chi connectivity index (χ3v) is 4.10. The van der Waals surface area contributed by atoms with E-state index < -0.39 is 0 Å². The molecule has 7 nitrogen and oxygen atoms in total. The van der Waals surface area contributed by atoms with Crippen molar-refractivity contribution < 1.29 is 4.74 Å². The van der Waals surface area contributed by atoms with Gasteiger partial charge in [0.2, 0.25) is 5.88 Å². The molecule has 0 N–H and O–H groups in total. The minimum absolute atomic E-state index is 0.216. The molecule has 0 saturated carbocycles. The number of hydrogen-bond acceptors (Lipinski definition) is 6. The van der Waals surface area contributed by atoms with E-state index in [1.54, 1.807) is 12.4 Å². The van der Waals surface area contributed by atoms with Gasteiger partial charge in [-0.15, -0.1) is 10.2 Å². The predicted molar refractivity (Wildman–Crippen MR) is 81.4 cm³/mol. The van der Waals surface area contributed by atoms with Gasteiger partial charge in [0.15, 0.2) is 0 Å². The summed E-state index contributed by atoms with van der Waals surface area (Å²) in [5.74, 6) is 2.59. The number of aromatic nitrogens is 5. The van der Waals surface area contributed by atoms with E-state index in [2.05, 4.69) is 25.1 Å². The normalized spacial score (nSPS) is 16.9. The van der Waals surface area contributed by atoms with Crippen LogP contribution in [0.2, 0.25) is 0 Å². The molecule has 118 valence electrons. The van der Waals surface area contributed by atoms with Crippen molar-refractivity contribution in [2.75, 3.05) is 13.1 Å². The molecule has 3 rings (SSSR count). The van der Waals surface area contributed by atoms with Crippen LogP contribution in [0.15, 0.2) is 12.4 Å². The van der Waals surface area contributed by atoms with E-state index >= 15 is 0 Å². The molecule has 1 aliphatic heterocycles. The molecule has 22 heavy (non-hydrogen) atoms. The Bertz CT molecular complexity index is 633. The van der Waals surface area contributed by atoms with Crippen LogP contribution in [0.3, 0.4) is 0 Å². The molecule has 0 atom stereocenters. The van der Waals surface area contributed by atoms with Crippen LogP contribution in [0, 0.1) is 13.8 Å². The number of likely N-dealkylation sites (tertiary alicyclic amines) is 1. The van der Waals surface area contributed by atoms with Gasteiger partial charge in [-0.3, -0.25) is 9.88 Å². The topological polar surface area (TPSA) is 69.0 Å². The highest BCUT2D eigenvalue weighted by molar-refractivity contribution is 5.07. The van der Waals surface area contributed by atoms with E-state index in [1.165, 1.54) is 0 Å². The largest absolute Gasteiger partial charge is 0.473 e. The minimum Gasteiger partial charge on any atom is -0.473 e. The van der Waals surface area contributed by atoms with Crippen LogP contribution in [-0.2, 0) is 13.6 Å². The van der Waals surface area contributed by atoms with Gasteiger partial charge in [-0.25, -0.2) is 4.98 Å². The number of hydrogen-bond donors (Lipinski definition) is 0. The van der Waals surface area contributed by atoms with Crippen LogP contribution in [0.5, 0.6) is 5.88 Å². The molecule has 7 heteroatoms. The molecule has 0 unspecified atom stereocenters. The molecule has 0 spiro atoms. The molecule has 2 aromatic heterocycles. The second kappa shape index (κ2) is 6.39. The molecule has 0 radical (unpaired) electrons. The number of aryl methyl sites for hydroxylation is 2. The fraction of sp³-hybridized carbons (Fsp3) is 0.600. The summed E-state index contributed by atoms with van der Waals surface area (Å²) >= 11 is 0. The average Bonchev–Trinajstić information content (AvgIpc) is 2.81. The van der Waals surface area contributed by atoms with Crippen molar-refractivity contribution in [2.45, 2.75) is 39.3 Å². The lowest BCUT2D eigenvalue weighted by Gasteiger charge is -2.31. The molecule has 0 aliphatic carbocycles. The van der Waals surface area contributed by atoms with E-state index in [9.17, 15) is 0 Å². The van der Waals surface area contributed by atoms with Gasteiger partial charge in [0.25, 0.3) is 0 Å². The maximum Gasteiger partial charge on any atom is 0.232 e. The molecular formula is C15H22N6O. The Morgan fingerprint density at radius 1 is 1.18 bits per heavy atom. The van der Waals surface area contributed by atoms with Crippen molar-refractivity contribution in [1.82, 2.24) is 29.6 Å². The monoisotopic (exact) mass is 302 g/mol. The summed E-state index contributed by atoms with van der Waals surface area (Å²) in [7, 11) is 2.01. The number of nitrogens with zero attached hydrogens (tertiary/aromatic N) is 6. The SMILES string of the molecule is Cc1cncc(OC2CCN(Cc3nnc(C)n3C)CC2)n1. The lowest BCUT2D eigenvalue weighted by Crippen LogP contribution is -2.38. The van der Waals surface area contributed by atoms with Gasteiger partial charge in [0.05, 0.1) is 18.4 Å². The Kier molecular flexibility index (Phi) is 4.33. The second-order valence-electron chi connectivity index (χ2n) is 5.81. The zero-order valence-electron chi connectivity index (χ0n) is 13.4. The van der Waals surface area contributed by atoms with Crippen molar-refractivity contribution >= 4 is 0 Å². The lowest BCUT2D eigenvalue weighted by atomic mass is 10.1. The molecule has 2 aromatic rings. The Labute approximate surface area is 130 Å². The fourth-order valence-corrected chi connectivity index (χ4v) is 2.64. The van der Waals surface area contributed by atoms with Gasteiger partial charge in [-0.1, -0.05) is 0 Å². The molecule has 0 amide bonds. The highest BCUT2D eigenvalue weighted by Gasteiger charge is 2.22. The van der Waals surface area contributed by atoms with Crippen molar-refractivity contribution in [3.8, 4) is 5.88 Å². The van der Waals surface area contributed by atoms with Crippen molar-refractivity contribution in [2.24, 2.45) is 7.05 Å². The van der Waals surface area contributed by atoms with E-state index in [1.807, 2.05) is 25.5 Å². The van der Waals surface area contributed by atoms with Crippen LogP contribution in [0.1, 0.15) is 30.2 Å².